The second-order valence-corrected chi connectivity index (χ2v) is 6.49. The fraction of sp³-hybridized carbons (Fsp3) is 0.562. The van der Waals surface area contributed by atoms with Crippen LogP contribution in [-0.4, -0.2) is 38.8 Å². The standard InChI is InChI=1S/C16H21N5O2/c17-16(22)11-7-18-21(8-11)12-5-6-20(9-12)10-14-13-3-1-2-4-15(13)23-19-14/h7-8,12H,1-6,9-10H2,(H2,17,22). The average molecular weight is 315 g/mol. The van der Waals surface area contributed by atoms with Gasteiger partial charge in [-0.3, -0.25) is 14.4 Å². The number of aryl methyl sites for hydroxylation is 1. The van der Waals surface area contributed by atoms with Gasteiger partial charge in [-0.2, -0.15) is 5.10 Å². The lowest BCUT2D eigenvalue weighted by atomic mass is 9.96. The maximum atomic E-state index is 11.2. The molecule has 1 aliphatic carbocycles. The molecule has 0 aromatic carbocycles. The third kappa shape index (κ3) is 2.76. The number of aromatic nitrogens is 3. The second-order valence-electron chi connectivity index (χ2n) is 6.49. The van der Waals surface area contributed by atoms with Gasteiger partial charge in [-0.1, -0.05) is 5.16 Å². The highest BCUT2D eigenvalue weighted by Gasteiger charge is 2.27. The highest BCUT2D eigenvalue weighted by molar-refractivity contribution is 5.92. The first kappa shape index (κ1) is 14.4. The van der Waals surface area contributed by atoms with E-state index in [-0.39, 0.29) is 6.04 Å². The van der Waals surface area contributed by atoms with Crippen molar-refractivity contribution in [1.82, 2.24) is 19.8 Å². The Morgan fingerprint density at radius 3 is 3.09 bits per heavy atom. The molecule has 1 fully saturated rings. The van der Waals surface area contributed by atoms with Crippen molar-refractivity contribution < 1.29 is 9.32 Å². The van der Waals surface area contributed by atoms with Gasteiger partial charge in [0.25, 0.3) is 5.91 Å². The molecule has 1 saturated heterocycles. The van der Waals surface area contributed by atoms with Crippen LogP contribution in [0.3, 0.4) is 0 Å². The Morgan fingerprint density at radius 2 is 2.26 bits per heavy atom. The number of nitrogens with zero attached hydrogens (tertiary/aromatic N) is 4. The smallest absolute Gasteiger partial charge is 0.251 e. The van der Waals surface area contributed by atoms with Gasteiger partial charge in [-0.15, -0.1) is 0 Å². The molecule has 1 amide bonds. The molecule has 1 aliphatic heterocycles. The lowest BCUT2D eigenvalue weighted by molar-refractivity contribution is 0.1000. The van der Waals surface area contributed by atoms with Crippen molar-refractivity contribution >= 4 is 5.91 Å². The number of hydrogen-bond acceptors (Lipinski definition) is 5. The van der Waals surface area contributed by atoms with Crippen LogP contribution >= 0.6 is 0 Å². The Hall–Kier alpha value is -2.15. The number of rotatable bonds is 4. The lowest BCUT2D eigenvalue weighted by Gasteiger charge is -2.16. The van der Waals surface area contributed by atoms with Gasteiger partial charge in [-0.25, -0.2) is 0 Å². The normalized spacial score (nSPS) is 21.5. The first-order valence-corrected chi connectivity index (χ1v) is 8.23. The van der Waals surface area contributed by atoms with Crippen molar-refractivity contribution in [2.75, 3.05) is 13.1 Å². The van der Waals surface area contributed by atoms with Crippen LogP contribution in [0, 0.1) is 0 Å². The summed E-state index contributed by atoms with van der Waals surface area (Å²) in [6.07, 6.45) is 8.84. The largest absolute Gasteiger partial charge is 0.366 e. The molecule has 7 nitrogen and oxygen atoms in total. The minimum atomic E-state index is -0.430. The van der Waals surface area contributed by atoms with E-state index in [9.17, 15) is 4.79 Å². The number of amides is 1. The zero-order chi connectivity index (χ0) is 15.8. The quantitative estimate of drug-likeness (QED) is 0.918. The summed E-state index contributed by atoms with van der Waals surface area (Å²) in [6, 6.07) is 0.283. The van der Waals surface area contributed by atoms with E-state index in [2.05, 4.69) is 15.2 Å². The van der Waals surface area contributed by atoms with Crippen LogP contribution in [-0.2, 0) is 19.4 Å². The summed E-state index contributed by atoms with van der Waals surface area (Å²) >= 11 is 0. The summed E-state index contributed by atoms with van der Waals surface area (Å²) in [6.45, 7) is 2.73. The van der Waals surface area contributed by atoms with Crippen molar-refractivity contribution in [1.29, 1.82) is 0 Å². The molecule has 7 heteroatoms. The van der Waals surface area contributed by atoms with Crippen LogP contribution < -0.4 is 5.73 Å². The molecule has 1 unspecified atom stereocenters. The van der Waals surface area contributed by atoms with Gasteiger partial charge in [0.05, 0.1) is 17.8 Å². The summed E-state index contributed by atoms with van der Waals surface area (Å²) < 4.78 is 7.35. The van der Waals surface area contributed by atoms with Crippen LogP contribution in [0.15, 0.2) is 16.9 Å². The Bertz CT molecular complexity index is 720. The van der Waals surface area contributed by atoms with Crippen molar-refractivity contribution in [2.45, 2.75) is 44.7 Å². The van der Waals surface area contributed by atoms with Crippen LogP contribution in [0.25, 0.3) is 0 Å². The van der Waals surface area contributed by atoms with Gasteiger partial charge in [-0.05, 0) is 25.7 Å². The van der Waals surface area contributed by atoms with E-state index >= 15 is 0 Å². The monoisotopic (exact) mass is 315 g/mol. The zero-order valence-corrected chi connectivity index (χ0v) is 13.1. The first-order valence-electron chi connectivity index (χ1n) is 8.23. The Labute approximate surface area is 134 Å². The van der Waals surface area contributed by atoms with E-state index in [1.54, 1.807) is 12.4 Å². The van der Waals surface area contributed by atoms with Crippen molar-refractivity contribution in [3.05, 3.63) is 35.0 Å². The molecule has 0 spiro atoms. The summed E-state index contributed by atoms with van der Waals surface area (Å²) in [5.74, 6) is 0.653. The summed E-state index contributed by atoms with van der Waals surface area (Å²) in [7, 11) is 0. The Kier molecular flexibility index (Phi) is 3.65. The van der Waals surface area contributed by atoms with E-state index in [0.717, 1.165) is 50.4 Å². The lowest BCUT2D eigenvalue weighted by Crippen LogP contribution is -2.22. The summed E-state index contributed by atoms with van der Waals surface area (Å²) in [4.78, 5) is 13.6. The van der Waals surface area contributed by atoms with Gasteiger partial charge in [0, 0.05) is 37.8 Å². The third-order valence-corrected chi connectivity index (χ3v) is 4.91. The summed E-state index contributed by atoms with van der Waals surface area (Å²) in [5, 5.41) is 8.56. The van der Waals surface area contributed by atoms with Gasteiger partial charge in [0.1, 0.15) is 11.5 Å². The molecular weight excluding hydrogens is 294 g/mol. The summed E-state index contributed by atoms with van der Waals surface area (Å²) in [5.41, 5.74) is 8.18. The predicted molar refractivity (Wildman–Crippen MR) is 82.8 cm³/mol. The van der Waals surface area contributed by atoms with Crippen LogP contribution in [0.2, 0.25) is 0 Å². The molecule has 0 radical (unpaired) electrons. The van der Waals surface area contributed by atoms with Gasteiger partial charge in [0.15, 0.2) is 0 Å². The molecule has 0 saturated carbocycles. The molecule has 122 valence electrons. The van der Waals surface area contributed by atoms with E-state index < -0.39 is 5.91 Å². The maximum absolute atomic E-state index is 11.2. The molecule has 3 heterocycles. The Balaban J connectivity index is 1.42. The molecule has 2 aromatic rings. The van der Waals surface area contributed by atoms with Gasteiger partial charge >= 0.3 is 0 Å². The molecular formula is C16H21N5O2. The minimum absolute atomic E-state index is 0.283. The number of carbonyl (C=O) groups excluding carboxylic acids is 1. The van der Waals surface area contributed by atoms with Crippen LogP contribution in [0.4, 0.5) is 0 Å². The fourth-order valence-electron chi connectivity index (χ4n) is 3.62. The number of nitrogens with two attached hydrogens (primary N) is 1. The highest BCUT2D eigenvalue weighted by atomic mass is 16.5. The SMILES string of the molecule is NC(=O)c1cnn(C2CCN(Cc3noc4c3CCCC4)C2)c1. The van der Waals surface area contributed by atoms with Gasteiger partial charge < -0.3 is 10.3 Å². The minimum Gasteiger partial charge on any atom is -0.366 e. The molecule has 2 aromatic heterocycles. The first-order chi connectivity index (χ1) is 11.2. The van der Waals surface area contributed by atoms with E-state index in [0.29, 0.717) is 5.56 Å². The molecule has 1 atom stereocenters. The maximum Gasteiger partial charge on any atom is 0.251 e. The molecule has 23 heavy (non-hydrogen) atoms. The predicted octanol–water partition coefficient (Wildman–Crippen LogP) is 1.30. The fourth-order valence-corrected chi connectivity index (χ4v) is 3.62. The second kappa shape index (κ2) is 5.81. The highest BCUT2D eigenvalue weighted by Crippen LogP contribution is 2.27. The number of hydrogen-bond donors (Lipinski definition) is 1. The zero-order valence-electron chi connectivity index (χ0n) is 13.1. The number of likely N-dealkylation sites (tertiary alicyclic amines) is 1. The third-order valence-electron chi connectivity index (χ3n) is 4.91. The molecule has 4 rings (SSSR count). The van der Waals surface area contributed by atoms with Crippen molar-refractivity contribution in [2.24, 2.45) is 5.73 Å². The van der Waals surface area contributed by atoms with Crippen molar-refractivity contribution in [3.8, 4) is 0 Å². The molecule has 2 aliphatic rings. The van der Waals surface area contributed by atoms with E-state index in [1.807, 2.05) is 4.68 Å². The van der Waals surface area contributed by atoms with Gasteiger partial charge in [0.2, 0.25) is 0 Å². The van der Waals surface area contributed by atoms with Crippen LogP contribution in [0.5, 0.6) is 0 Å². The topological polar surface area (TPSA) is 90.2 Å². The number of primary amides is 1. The molecule has 0 bridgehead atoms. The molecule has 2 N–H and O–H groups in total. The van der Waals surface area contributed by atoms with E-state index in [1.165, 1.54) is 18.4 Å². The number of carbonyl (C=O) groups is 1. The van der Waals surface area contributed by atoms with Crippen LogP contribution in [0.1, 0.15) is 52.7 Å². The average Bonchev–Trinajstić information content (AvgIpc) is 3.26. The van der Waals surface area contributed by atoms with E-state index in [4.69, 9.17) is 10.3 Å². The Morgan fingerprint density at radius 1 is 1.39 bits per heavy atom. The van der Waals surface area contributed by atoms with Crippen molar-refractivity contribution in [3.63, 3.8) is 0 Å². The number of fused-ring (bicyclic) bond motifs is 1.